The zero-order valence-electron chi connectivity index (χ0n) is 11.3. The number of carbonyl (C=O) groups excluding carboxylic acids is 2. The Labute approximate surface area is 111 Å². The maximum absolute atomic E-state index is 12.3. The number of amides is 2. The number of hydrogen-bond donors (Lipinski definition) is 3. The molecule has 2 amide bonds. The van der Waals surface area contributed by atoms with Crippen LogP contribution in [0, 0.1) is 5.92 Å². The SMILES string of the molecule is CC(=O)NC(C(=O)N1CC(O)CC1C(=O)O)C(C)C. The first kappa shape index (κ1) is 15.4. The molecule has 0 spiro atoms. The summed E-state index contributed by atoms with van der Waals surface area (Å²) in [6, 6.07) is -1.80. The van der Waals surface area contributed by atoms with Gasteiger partial charge in [0, 0.05) is 19.9 Å². The van der Waals surface area contributed by atoms with Crippen molar-refractivity contribution in [2.24, 2.45) is 5.92 Å². The average molecular weight is 272 g/mol. The molecular formula is C12H20N2O5. The van der Waals surface area contributed by atoms with Crippen LogP contribution in [0.3, 0.4) is 0 Å². The van der Waals surface area contributed by atoms with Crippen LogP contribution in [0.15, 0.2) is 0 Å². The molecule has 1 fully saturated rings. The number of hydrogen-bond acceptors (Lipinski definition) is 4. The molecule has 1 saturated heterocycles. The lowest BCUT2D eigenvalue weighted by atomic mass is 10.0. The molecule has 1 aliphatic heterocycles. The number of nitrogens with one attached hydrogen (secondary N) is 1. The maximum atomic E-state index is 12.3. The minimum Gasteiger partial charge on any atom is -0.480 e. The number of aliphatic carboxylic acids is 1. The Morgan fingerprint density at radius 3 is 2.32 bits per heavy atom. The first-order valence-electron chi connectivity index (χ1n) is 6.22. The molecule has 1 aliphatic rings. The highest BCUT2D eigenvalue weighted by Crippen LogP contribution is 2.20. The first-order chi connectivity index (χ1) is 8.73. The van der Waals surface area contributed by atoms with Crippen molar-refractivity contribution in [2.75, 3.05) is 6.54 Å². The van der Waals surface area contributed by atoms with Gasteiger partial charge >= 0.3 is 5.97 Å². The van der Waals surface area contributed by atoms with Gasteiger partial charge in [-0.3, -0.25) is 9.59 Å². The summed E-state index contributed by atoms with van der Waals surface area (Å²) in [6.45, 7) is 4.82. The third-order valence-corrected chi connectivity index (χ3v) is 3.14. The molecule has 108 valence electrons. The topological polar surface area (TPSA) is 107 Å². The molecule has 0 aliphatic carbocycles. The average Bonchev–Trinajstić information content (AvgIpc) is 2.67. The van der Waals surface area contributed by atoms with Gasteiger partial charge < -0.3 is 20.4 Å². The maximum Gasteiger partial charge on any atom is 0.326 e. The van der Waals surface area contributed by atoms with Crippen molar-refractivity contribution in [1.82, 2.24) is 10.2 Å². The second-order valence-electron chi connectivity index (χ2n) is 5.16. The van der Waals surface area contributed by atoms with Crippen LogP contribution in [0.1, 0.15) is 27.2 Å². The number of β-amino-alcohol motifs (C(OH)–C–C–N with tert-alkyl or cyclic N) is 1. The van der Waals surface area contributed by atoms with Gasteiger partial charge in [0.15, 0.2) is 0 Å². The quantitative estimate of drug-likeness (QED) is 0.620. The van der Waals surface area contributed by atoms with Gasteiger partial charge in [0.1, 0.15) is 12.1 Å². The van der Waals surface area contributed by atoms with Crippen molar-refractivity contribution in [1.29, 1.82) is 0 Å². The zero-order valence-corrected chi connectivity index (χ0v) is 11.3. The van der Waals surface area contributed by atoms with E-state index in [1.807, 2.05) is 0 Å². The lowest BCUT2D eigenvalue weighted by Crippen LogP contribution is -2.53. The van der Waals surface area contributed by atoms with Crippen LogP contribution in [-0.2, 0) is 14.4 Å². The van der Waals surface area contributed by atoms with Crippen LogP contribution in [0.25, 0.3) is 0 Å². The third-order valence-electron chi connectivity index (χ3n) is 3.14. The summed E-state index contributed by atoms with van der Waals surface area (Å²) in [5.41, 5.74) is 0. The Morgan fingerprint density at radius 2 is 1.89 bits per heavy atom. The van der Waals surface area contributed by atoms with Gasteiger partial charge in [-0.15, -0.1) is 0 Å². The van der Waals surface area contributed by atoms with E-state index in [0.29, 0.717) is 0 Å². The van der Waals surface area contributed by atoms with Gasteiger partial charge in [-0.05, 0) is 5.92 Å². The highest BCUT2D eigenvalue weighted by atomic mass is 16.4. The van der Waals surface area contributed by atoms with Gasteiger partial charge in [-0.1, -0.05) is 13.8 Å². The summed E-state index contributed by atoms with van der Waals surface area (Å²) in [4.78, 5) is 35.6. The van der Waals surface area contributed by atoms with Crippen LogP contribution in [-0.4, -0.2) is 57.6 Å². The monoisotopic (exact) mass is 272 g/mol. The summed E-state index contributed by atoms with van der Waals surface area (Å²) in [5, 5.41) is 21.1. The molecule has 7 nitrogen and oxygen atoms in total. The van der Waals surface area contributed by atoms with E-state index in [0.717, 1.165) is 4.90 Å². The molecule has 3 unspecified atom stereocenters. The predicted molar refractivity (Wildman–Crippen MR) is 66.2 cm³/mol. The second kappa shape index (κ2) is 6.01. The Bertz CT molecular complexity index is 382. The fourth-order valence-electron chi connectivity index (χ4n) is 2.20. The fourth-order valence-corrected chi connectivity index (χ4v) is 2.20. The number of nitrogens with zero attached hydrogens (tertiary/aromatic N) is 1. The van der Waals surface area contributed by atoms with Crippen molar-refractivity contribution in [3.05, 3.63) is 0 Å². The molecule has 7 heteroatoms. The van der Waals surface area contributed by atoms with Crippen LogP contribution in [0.2, 0.25) is 0 Å². The molecule has 0 bridgehead atoms. The van der Waals surface area contributed by atoms with Gasteiger partial charge in [-0.25, -0.2) is 4.79 Å². The lowest BCUT2D eigenvalue weighted by Gasteiger charge is -2.28. The predicted octanol–water partition coefficient (Wildman–Crippen LogP) is -0.806. The van der Waals surface area contributed by atoms with Crippen molar-refractivity contribution in [3.8, 4) is 0 Å². The minimum absolute atomic E-state index is 0.0153. The van der Waals surface area contributed by atoms with Crippen molar-refractivity contribution >= 4 is 17.8 Å². The Morgan fingerprint density at radius 1 is 1.32 bits per heavy atom. The lowest BCUT2D eigenvalue weighted by molar-refractivity contribution is -0.149. The van der Waals surface area contributed by atoms with E-state index in [4.69, 9.17) is 5.11 Å². The molecular weight excluding hydrogens is 252 g/mol. The molecule has 0 aromatic carbocycles. The van der Waals surface area contributed by atoms with Crippen LogP contribution < -0.4 is 5.32 Å². The van der Waals surface area contributed by atoms with Gasteiger partial charge in [0.05, 0.1) is 6.10 Å². The minimum atomic E-state index is -1.14. The van der Waals surface area contributed by atoms with Crippen LogP contribution >= 0.6 is 0 Å². The summed E-state index contributed by atoms with van der Waals surface area (Å²) in [5.74, 6) is -2.12. The highest BCUT2D eigenvalue weighted by Gasteiger charge is 2.41. The zero-order chi connectivity index (χ0) is 14.7. The first-order valence-corrected chi connectivity index (χ1v) is 6.22. The number of rotatable bonds is 4. The molecule has 19 heavy (non-hydrogen) atoms. The number of carbonyl (C=O) groups is 3. The Balaban J connectivity index is 2.89. The molecule has 0 aromatic heterocycles. The summed E-state index contributed by atoms with van der Waals surface area (Å²) < 4.78 is 0. The van der Waals surface area contributed by atoms with Crippen molar-refractivity contribution < 1.29 is 24.6 Å². The molecule has 3 atom stereocenters. The van der Waals surface area contributed by atoms with Crippen LogP contribution in [0.4, 0.5) is 0 Å². The van der Waals surface area contributed by atoms with E-state index in [1.165, 1.54) is 6.92 Å². The number of aliphatic hydroxyl groups excluding tert-OH is 1. The normalized spacial score (nSPS) is 24.4. The van der Waals surface area contributed by atoms with E-state index in [1.54, 1.807) is 13.8 Å². The Hall–Kier alpha value is -1.63. The van der Waals surface area contributed by atoms with E-state index in [2.05, 4.69) is 5.32 Å². The third kappa shape index (κ3) is 3.66. The van der Waals surface area contributed by atoms with E-state index >= 15 is 0 Å². The molecule has 1 rings (SSSR count). The van der Waals surface area contributed by atoms with Gasteiger partial charge in [0.2, 0.25) is 11.8 Å². The number of likely N-dealkylation sites (tertiary alicyclic amines) is 1. The Kier molecular flexibility index (Phi) is 4.88. The molecule has 0 aromatic rings. The van der Waals surface area contributed by atoms with Gasteiger partial charge in [-0.2, -0.15) is 0 Å². The number of carboxylic acid groups (broad SMARTS) is 1. The summed E-state index contributed by atoms with van der Waals surface area (Å²) in [7, 11) is 0. The van der Waals surface area contributed by atoms with Crippen molar-refractivity contribution in [2.45, 2.75) is 45.4 Å². The summed E-state index contributed by atoms with van der Waals surface area (Å²) >= 11 is 0. The smallest absolute Gasteiger partial charge is 0.326 e. The van der Waals surface area contributed by atoms with E-state index < -0.39 is 30.1 Å². The highest BCUT2D eigenvalue weighted by molar-refractivity contribution is 5.90. The number of aliphatic hydroxyl groups is 1. The number of carboxylic acids is 1. The van der Waals surface area contributed by atoms with Gasteiger partial charge in [0.25, 0.3) is 0 Å². The summed E-state index contributed by atoms with van der Waals surface area (Å²) in [6.07, 6.45) is -0.818. The van der Waals surface area contributed by atoms with E-state index in [-0.39, 0.29) is 24.8 Å². The van der Waals surface area contributed by atoms with E-state index in [9.17, 15) is 19.5 Å². The largest absolute Gasteiger partial charge is 0.480 e. The molecule has 3 N–H and O–H groups in total. The molecule has 0 radical (unpaired) electrons. The standard InChI is InChI=1S/C12H20N2O5/c1-6(2)10(13-7(3)15)11(17)14-5-8(16)4-9(14)12(18)19/h6,8-10,16H,4-5H2,1-3H3,(H,13,15)(H,18,19). The second-order valence-corrected chi connectivity index (χ2v) is 5.16. The van der Waals surface area contributed by atoms with Crippen molar-refractivity contribution in [3.63, 3.8) is 0 Å². The molecule has 0 saturated carbocycles. The molecule has 1 heterocycles. The van der Waals surface area contributed by atoms with Crippen LogP contribution in [0.5, 0.6) is 0 Å². The fraction of sp³-hybridized carbons (Fsp3) is 0.750.